The minimum atomic E-state index is -0.902. The first-order valence-electron chi connectivity index (χ1n) is 8.91. The van der Waals surface area contributed by atoms with Crippen LogP contribution in [0.25, 0.3) is 5.57 Å². The molecular formula is C22H24FN5O. The maximum absolute atomic E-state index is 13.7. The third-order valence-electron chi connectivity index (χ3n) is 4.11. The molecule has 1 atom stereocenters. The number of nitriles is 1. The van der Waals surface area contributed by atoms with Gasteiger partial charge < -0.3 is 10.2 Å². The molecule has 0 aliphatic rings. The Hall–Kier alpha value is -3.66. The number of carbonyl (C=O) groups excluding carboxylic acids is 1. The van der Waals surface area contributed by atoms with E-state index in [-0.39, 0.29) is 11.9 Å². The second-order valence-electron chi connectivity index (χ2n) is 6.88. The van der Waals surface area contributed by atoms with Crippen LogP contribution in [0.4, 0.5) is 4.39 Å². The molecule has 2 rings (SSSR count). The van der Waals surface area contributed by atoms with E-state index in [4.69, 9.17) is 0 Å². The molecule has 29 heavy (non-hydrogen) atoms. The minimum Gasteiger partial charge on any atom is -0.382 e. The highest BCUT2D eigenvalue weighted by molar-refractivity contribution is 5.75. The summed E-state index contributed by atoms with van der Waals surface area (Å²) in [5.74, 6) is -0.902. The fourth-order valence-electron chi connectivity index (χ4n) is 2.85. The summed E-state index contributed by atoms with van der Waals surface area (Å²) in [6.07, 6.45) is 4.74. The number of aldehydes is 1. The van der Waals surface area contributed by atoms with Gasteiger partial charge in [0, 0.05) is 45.2 Å². The van der Waals surface area contributed by atoms with Gasteiger partial charge in [-0.3, -0.25) is 9.48 Å². The van der Waals surface area contributed by atoms with E-state index in [1.165, 1.54) is 0 Å². The highest BCUT2D eigenvalue weighted by atomic mass is 19.1. The normalized spacial score (nSPS) is 12.8. The highest BCUT2D eigenvalue weighted by Gasteiger charge is 2.23. The maximum atomic E-state index is 13.7. The number of benzene rings is 1. The Morgan fingerprint density at radius 1 is 1.38 bits per heavy atom. The molecule has 0 saturated carbocycles. The zero-order valence-corrected chi connectivity index (χ0v) is 17.0. The molecule has 0 aliphatic carbocycles. The number of nitrogens with zero attached hydrogens (tertiary/aromatic N) is 4. The Labute approximate surface area is 170 Å². The van der Waals surface area contributed by atoms with Gasteiger partial charge in [0.15, 0.2) is 12.1 Å². The summed E-state index contributed by atoms with van der Waals surface area (Å²) in [6, 6.07) is 9.42. The number of carbonyl (C=O) groups is 1. The van der Waals surface area contributed by atoms with Crippen molar-refractivity contribution in [3.05, 3.63) is 83.2 Å². The second-order valence-corrected chi connectivity index (χ2v) is 6.88. The Bertz CT molecular complexity index is 993. The van der Waals surface area contributed by atoms with E-state index < -0.39 is 11.9 Å². The van der Waals surface area contributed by atoms with Crippen molar-refractivity contribution in [3.63, 3.8) is 0 Å². The number of aryl methyl sites for hydroxylation is 2. The fraction of sp³-hybridized carbons (Fsp3) is 0.227. The number of halogens is 1. The first kappa shape index (κ1) is 21.6. The molecule has 7 heteroatoms. The minimum absolute atomic E-state index is 0.152. The third-order valence-corrected chi connectivity index (χ3v) is 4.11. The van der Waals surface area contributed by atoms with Gasteiger partial charge in [-0.15, -0.1) is 0 Å². The number of hydrogen-bond donors (Lipinski definition) is 1. The van der Waals surface area contributed by atoms with Gasteiger partial charge in [0.25, 0.3) is 0 Å². The van der Waals surface area contributed by atoms with Crippen molar-refractivity contribution < 1.29 is 9.18 Å². The number of hydrogen-bond acceptors (Lipinski definition) is 5. The summed E-state index contributed by atoms with van der Waals surface area (Å²) in [7, 11) is 5.34. The van der Waals surface area contributed by atoms with Gasteiger partial charge in [-0.05, 0) is 12.5 Å². The SMILES string of the molecule is C=C(C#N)c1nn(C)cc1C(NC(/C=C(/F)C=O)=C/N(C)C)c1ccc(C)cc1. The lowest BCUT2D eigenvalue weighted by atomic mass is 9.96. The molecule has 0 fully saturated rings. The molecule has 1 N–H and O–H groups in total. The molecule has 150 valence electrons. The van der Waals surface area contributed by atoms with Crippen LogP contribution >= 0.6 is 0 Å². The van der Waals surface area contributed by atoms with Gasteiger partial charge in [-0.25, -0.2) is 4.39 Å². The van der Waals surface area contributed by atoms with E-state index in [1.54, 1.807) is 43.1 Å². The summed E-state index contributed by atoms with van der Waals surface area (Å²) in [5.41, 5.74) is 3.77. The van der Waals surface area contributed by atoms with Crippen LogP contribution < -0.4 is 5.32 Å². The fourth-order valence-corrected chi connectivity index (χ4v) is 2.85. The number of rotatable bonds is 8. The highest BCUT2D eigenvalue weighted by Crippen LogP contribution is 2.29. The average molecular weight is 393 g/mol. The van der Waals surface area contributed by atoms with Gasteiger partial charge in [-0.2, -0.15) is 10.4 Å². The van der Waals surface area contributed by atoms with Crippen LogP contribution in [0.3, 0.4) is 0 Å². The lowest BCUT2D eigenvalue weighted by Crippen LogP contribution is -2.23. The van der Waals surface area contributed by atoms with Crippen LogP contribution in [0.1, 0.15) is 28.4 Å². The topological polar surface area (TPSA) is 74.0 Å². The number of aromatic nitrogens is 2. The standard InChI is InChI=1S/C22H24FN5O/c1-15-6-8-17(9-7-15)22(20-13-28(5)26-21(20)16(2)11-24)25-19(12-27(3)4)10-18(23)14-29/h6-10,12-14,22,25H,2H2,1,3-5H3/b18-10+,19-12+. The molecule has 1 heterocycles. The first-order chi connectivity index (χ1) is 13.7. The zero-order valence-electron chi connectivity index (χ0n) is 17.0. The molecule has 0 aliphatic heterocycles. The van der Waals surface area contributed by atoms with Crippen molar-refractivity contribution in [2.24, 2.45) is 7.05 Å². The first-order valence-corrected chi connectivity index (χ1v) is 8.91. The van der Waals surface area contributed by atoms with Crippen LogP contribution in [-0.2, 0) is 11.8 Å². The Morgan fingerprint density at radius 2 is 2.03 bits per heavy atom. The van der Waals surface area contributed by atoms with E-state index in [0.29, 0.717) is 17.0 Å². The van der Waals surface area contributed by atoms with Crippen LogP contribution in [-0.4, -0.2) is 35.1 Å². The van der Waals surface area contributed by atoms with E-state index in [9.17, 15) is 14.4 Å². The molecule has 1 aromatic carbocycles. The monoisotopic (exact) mass is 393 g/mol. The molecule has 1 aromatic heterocycles. The largest absolute Gasteiger partial charge is 0.382 e. The zero-order chi connectivity index (χ0) is 21.6. The molecule has 0 bridgehead atoms. The quantitative estimate of drug-likeness (QED) is 0.322. The predicted octanol–water partition coefficient (Wildman–Crippen LogP) is 3.40. The Kier molecular flexibility index (Phi) is 7.10. The lowest BCUT2D eigenvalue weighted by Gasteiger charge is -2.22. The predicted molar refractivity (Wildman–Crippen MR) is 111 cm³/mol. The summed E-state index contributed by atoms with van der Waals surface area (Å²) < 4.78 is 15.3. The molecule has 1 unspecified atom stereocenters. The van der Waals surface area contributed by atoms with Gasteiger partial charge in [0.05, 0.1) is 17.3 Å². The van der Waals surface area contributed by atoms with Crippen LogP contribution in [0.5, 0.6) is 0 Å². The Morgan fingerprint density at radius 3 is 2.59 bits per heavy atom. The molecule has 0 amide bonds. The molecule has 0 radical (unpaired) electrons. The summed E-state index contributed by atoms with van der Waals surface area (Å²) in [6.45, 7) is 5.78. The van der Waals surface area contributed by atoms with Crippen molar-refractivity contribution in [1.29, 1.82) is 5.26 Å². The number of allylic oxidation sites excluding steroid dienone is 3. The average Bonchev–Trinajstić information content (AvgIpc) is 3.07. The second kappa shape index (κ2) is 9.51. The van der Waals surface area contributed by atoms with Crippen LogP contribution in [0, 0.1) is 18.3 Å². The van der Waals surface area contributed by atoms with E-state index in [0.717, 1.165) is 17.2 Å². The van der Waals surface area contributed by atoms with Gasteiger partial charge >= 0.3 is 0 Å². The van der Waals surface area contributed by atoms with Crippen molar-refractivity contribution in [2.45, 2.75) is 13.0 Å². The maximum Gasteiger partial charge on any atom is 0.178 e. The van der Waals surface area contributed by atoms with E-state index in [1.807, 2.05) is 37.3 Å². The van der Waals surface area contributed by atoms with Gasteiger partial charge in [-0.1, -0.05) is 36.4 Å². The molecule has 0 spiro atoms. The molecule has 0 saturated heterocycles. The van der Waals surface area contributed by atoms with Gasteiger partial charge in [0.1, 0.15) is 11.8 Å². The van der Waals surface area contributed by atoms with Crippen LogP contribution in [0.2, 0.25) is 0 Å². The van der Waals surface area contributed by atoms with Crippen LogP contribution in [0.15, 0.2) is 60.8 Å². The van der Waals surface area contributed by atoms with E-state index in [2.05, 4.69) is 17.0 Å². The van der Waals surface area contributed by atoms with Crippen molar-refractivity contribution in [2.75, 3.05) is 14.1 Å². The van der Waals surface area contributed by atoms with Crippen molar-refractivity contribution in [3.8, 4) is 6.07 Å². The Balaban J connectivity index is 2.63. The summed E-state index contributed by atoms with van der Waals surface area (Å²) in [4.78, 5) is 12.5. The molecule has 6 nitrogen and oxygen atoms in total. The molecule has 2 aromatic rings. The summed E-state index contributed by atoms with van der Waals surface area (Å²) in [5, 5.41) is 17.0. The van der Waals surface area contributed by atoms with Crippen molar-refractivity contribution >= 4 is 11.9 Å². The number of nitrogens with one attached hydrogen (secondary N) is 1. The van der Waals surface area contributed by atoms with E-state index >= 15 is 0 Å². The molecular weight excluding hydrogens is 369 g/mol. The summed E-state index contributed by atoms with van der Waals surface area (Å²) >= 11 is 0. The van der Waals surface area contributed by atoms with Crippen molar-refractivity contribution in [1.82, 2.24) is 20.0 Å². The lowest BCUT2D eigenvalue weighted by molar-refractivity contribution is -0.106. The van der Waals surface area contributed by atoms with Gasteiger partial charge in [0.2, 0.25) is 0 Å². The third kappa shape index (κ3) is 5.66. The smallest absolute Gasteiger partial charge is 0.178 e.